The largest absolute Gasteiger partial charge is 0.494 e. The van der Waals surface area contributed by atoms with E-state index in [9.17, 15) is 14.4 Å². The number of nitrogens with one attached hydrogen (secondary N) is 1. The van der Waals surface area contributed by atoms with Gasteiger partial charge in [0.2, 0.25) is 5.91 Å². The number of imide groups is 1. The molecule has 174 valence electrons. The molecule has 2 heterocycles. The van der Waals surface area contributed by atoms with Gasteiger partial charge in [-0.2, -0.15) is 0 Å². The van der Waals surface area contributed by atoms with Crippen LogP contribution in [0, 0.1) is 0 Å². The third-order valence-corrected chi connectivity index (χ3v) is 5.40. The van der Waals surface area contributed by atoms with Crippen LogP contribution in [0.2, 0.25) is 0 Å². The van der Waals surface area contributed by atoms with Crippen molar-refractivity contribution < 1.29 is 19.1 Å². The van der Waals surface area contributed by atoms with Gasteiger partial charge in [0.25, 0.3) is 5.91 Å². The maximum atomic E-state index is 13.3. The maximum absolute atomic E-state index is 13.3. The molecule has 34 heavy (non-hydrogen) atoms. The quantitative estimate of drug-likeness (QED) is 0.485. The fourth-order valence-corrected chi connectivity index (χ4v) is 3.76. The standard InChI is InChI=1S/C26H26N4O4/c1-2-15-34-22-12-10-20(11-13-22)28-24(31)16-23-25(32)30(21-8-4-3-5-9-21)26(33)29(23)18-19-7-6-14-27-17-19/h3-14,17,23H,2,15-16,18H2,1H3,(H,28,31). The molecule has 0 radical (unpaired) electrons. The minimum Gasteiger partial charge on any atom is -0.494 e. The predicted molar refractivity (Wildman–Crippen MR) is 128 cm³/mol. The van der Waals surface area contributed by atoms with Crippen molar-refractivity contribution in [1.82, 2.24) is 9.88 Å². The maximum Gasteiger partial charge on any atom is 0.332 e. The van der Waals surface area contributed by atoms with Crippen LogP contribution in [0.25, 0.3) is 0 Å². The van der Waals surface area contributed by atoms with Gasteiger partial charge in [-0.1, -0.05) is 31.2 Å². The first-order valence-corrected chi connectivity index (χ1v) is 11.2. The lowest BCUT2D eigenvalue weighted by Gasteiger charge is -2.21. The molecule has 0 saturated carbocycles. The van der Waals surface area contributed by atoms with Crippen molar-refractivity contribution in [3.63, 3.8) is 0 Å². The number of ether oxygens (including phenoxy) is 1. The number of carbonyl (C=O) groups is 3. The second kappa shape index (κ2) is 10.6. The number of para-hydroxylation sites is 1. The number of rotatable bonds is 9. The third-order valence-electron chi connectivity index (χ3n) is 5.40. The minimum atomic E-state index is -0.930. The van der Waals surface area contributed by atoms with Gasteiger partial charge in [-0.05, 0) is 54.4 Å². The number of carbonyl (C=O) groups excluding carboxylic acids is 3. The van der Waals surface area contributed by atoms with Gasteiger partial charge in [0, 0.05) is 24.6 Å². The zero-order valence-electron chi connectivity index (χ0n) is 18.9. The highest BCUT2D eigenvalue weighted by Crippen LogP contribution is 2.28. The SMILES string of the molecule is CCCOc1ccc(NC(=O)CC2C(=O)N(c3ccccc3)C(=O)N2Cc2cccnc2)cc1. The normalized spacial score (nSPS) is 15.5. The van der Waals surface area contributed by atoms with E-state index < -0.39 is 18.0 Å². The summed E-state index contributed by atoms with van der Waals surface area (Å²) in [6, 6.07) is 18.0. The van der Waals surface area contributed by atoms with Crippen LogP contribution >= 0.6 is 0 Å². The zero-order valence-corrected chi connectivity index (χ0v) is 18.9. The smallest absolute Gasteiger partial charge is 0.332 e. The average molecular weight is 459 g/mol. The number of amides is 4. The van der Waals surface area contributed by atoms with E-state index in [0.29, 0.717) is 18.0 Å². The number of hydrogen-bond donors (Lipinski definition) is 1. The number of pyridine rings is 1. The van der Waals surface area contributed by atoms with E-state index in [0.717, 1.165) is 22.6 Å². The number of anilines is 2. The molecule has 8 heteroatoms. The molecular weight excluding hydrogens is 432 g/mol. The molecule has 4 rings (SSSR count). The zero-order chi connectivity index (χ0) is 23.9. The minimum absolute atomic E-state index is 0.164. The molecular formula is C26H26N4O4. The van der Waals surface area contributed by atoms with Crippen molar-refractivity contribution in [2.24, 2.45) is 0 Å². The molecule has 1 N–H and O–H groups in total. The van der Waals surface area contributed by atoms with Gasteiger partial charge < -0.3 is 15.0 Å². The van der Waals surface area contributed by atoms with Crippen LogP contribution in [0.1, 0.15) is 25.3 Å². The molecule has 1 aromatic heterocycles. The van der Waals surface area contributed by atoms with Gasteiger partial charge in [0.1, 0.15) is 11.8 Å². The van der Waals surface area contributed by atoms with E-state index in [2.05, 4.69) is 10.3 Å². The van der Waals surface area contributed by atoms with Crippen molar-refractivity contribution in [1.29, 1.82) is 0 Å². The highest BCUT2D eigenvalue weighted by Gasteiger charge is 2.46. The predicted octanol–water partition coefficient (Wildman–Crippen LogP) is 4.24. The molecule has 1 saturated heterocycles. The summed E-state index contributed by atoms with van der Waals surface area (Å²) in [4.78, 5) is 46.1. The first-order chi connectivity index (χ1) is 16.6. The number of nitrogens with zero attached hydrogens (tertiary/aromatic N) is 3. The van der Waals surface area contributed by atoms with Crippen molar-refractivity contribution in [2.45, 2.75) is 32.4 Å². The van der Waals surface area contributed by atoms with E-state index in [4.69, 9.17) is 4.74 Å². The van der Waals surface area contributed by atoms with Crippen molar-refractivity contribution in [3.05, 3.63) is 84.7 Å². The molecule has 3 aromatic rings. The van der Waals surface area contributed by atoms with Crippen LogP contribution in [0.4, 0.5) is 16.2 Å². The lowest BCUT2D eigenvalue weighted by molar-refractivity contribution is -0.124. The molecule has 1 aliphatic heterocycles. The summed E-state index contributed by atoms with van der Waals surface area (Å²) in [5.74, 6) is -0.0735. The van der Waals surface area contributed by atoms with E-state index in [1.165, 1.54) is 4.90 Å². The van der Waals surface area contributed by atoms with Crippen LogP contribution < -0.4 is 15.0 Å². The van der Waals surface area contributed by atoms with E-state index in [-0.39, 0.29) is 18.9 Å². The fourth-order valence-electron chi connectivity index (χ4n) is 3.76. The number of hydrogen-bond acceptors (Lipinski definition) is 5. The summed E-state index contributed by atoms with van der Waals surface area (Å²) in [6.45, 7) is 2.82. The van der Waals surface area contributed by atoms with Crippen LogP contribution in [0.3, 0.4) is 0 Å². The average Bonchev–Trinajstić information content (AvgIpc) is 3.08. The highest BCUT2D eigenvalue weighted by atomic mass is 16.5. The first-order valence-electron chi connectivity index (χ1n) is 11.2. The van der Waals surface area contributed by atoms with Gasteiger partial charge in [0.15, 0.2) is 0 Å². The summed E-state index contributed by atoms with van der Waals surface area (Å²) in [6.07, 6.45) is 4.02. The Morgan fingerprint density at radius 2 is 1.79 bits per heavy atom. The van der Waals surface area contributed by atoms with Crippen molar-refractivity contribution >= 4 is 29.2 Å². The highest BCUT2D eigenvalue weighted by molar-refractivity contribution is 6.22. The summed E-state index contributed by atoms with van der Waals surface area (Å²) < 4.78 is 5.56. The van der Waals surface area contributed by atoms with Gasteiger partial charge >= 0.3 is 6.03 Å². The molecule has 0 bridgehead atoms. The van der Waals surface area contributed by atoms with Crippen LogP contribution in [0.15, 0.2) is 79.1 Å². The lowest BCUT2D eigenvalue weighted by Crippen LogP contribution is -2.37. The molecule has 2 aromatic carbocycles. The van der Waals surface area contributed by atoms with Crippen LogP contribution in [-0.4, -0.2) is 40.4 Å². The second-order valence-electron chi connectivity index (χ2n) is 7.92. The topological polar surface area (TPSA) is 91.8 Å². The Bertz CT molecular complexity index is 1140. The summed E-state index contributed by atoms with van der Waals surface area (Å²) in [5.41, 5.74) is 1.83. The number of benzene rings is 2. The van der Waals surface area contributed by atoms with E-state index in [1.807, 2.05) is 19.1 Å². The third kappa shape index (κ3) is 5.23. The Morgan fingerprint density at radius 3 is 2.47 bits per heavy atom. The molecule has 1 aliphatic rings. The lowest BCUT2D eigenvalue weighted by atomic mass is 10.1. The summed E-state index contributed by atoms with van der Waals surface area (Å²) in [5, 5.41) is 2.81. The molecule has 1 unspecified atom stereocenters. The van der Waals surface area contributed by atoms with Gasteiger partial charge in [-0.25, -0.2) is 9.69 Å². The molecule has 0 aliphatic carbocycles. The Morgan fingerprint density at radius 1 is 1.03 bits per heavy atom. The summed E-state index contributed by atoms with van der Waals surface area (Å²) >= 11 is 0. The van der Waals surface area contributed by atoms with Crippen molar-refractivity contribution in [3.8, 4) is 5.75 Å². The Balaban J connectivity index is 1.51. The Labute approximate surface area is 198 Å². The van der Waals surface area contributed by atoms with Gasteiger partial charge in [-0.15, -0.1) is 0 Å². The Hall–Kier alpha value is -4.20. The monoisotopic (exact) mass is 458 g/mol. The summed E-state index contributed by atoms with van der Waals surface area (Å²) in [7, 11) is 0. The van der Waals surface area contributed by atoms with Crippen molar-refractivity contribution in [2.75, 3.05) is 16.8 Å². The number of aromatic nitrogens is 1. The molecule has 4 amide bonds. The first kappa shape index (κ1) is 23.0. The van der Waals surface area contributed by atoms with E-state index >= 15 is 0 Å². The Kier molecular flexibility index (Phi) is 7.17. The van der Waals surface area contributed by atoms with E-state index in [1.54, 1.807) is 67.0 Å². The van der Waals surface area contributed by atoms with Gasteiger partial charge in [0.05, 0.1) is 18.7 Å². The van der Waals surface area contributed by atoms with Crippen LogP contribution in [0.5, 0.6) is 5.75 Å². The molecule has 0 spiro atoms. The second-order valence-corrected chi connectivity index (χ2v) is 7.92. The molecule has 8 nitrogen and oxygen atoms in total. The van der Waals surface area contributed by atoms with Gasteiger partial charge in [-0.3, -0.25) is 14.6 Å². The number of urea groups is 1. The van der Waals surface area contributed by atoms with Crippen LogP contribution in [-0.2, 0) is 16.1 Å². The fraction of sp³-hybridized carbons (Fsp3) is 0.231. The molecule has 1 fully saturated rings. The molecule has 1 atom stereocenters.